The molecule has 6 heteroatoms. The zero-order valence-electron chi connectivity index (χ0n) is 9.23. The molecule has 0 aromatic carbocycles. The summed E-state index contributed by atoms with van der Waals surface area (Å²) in [6.45, 7) is 1.95. The van der Waals surface area contributed by atoms with Crippen molar-refractivity contribution in [2.75, 3.05) is 7.11 Å². The number of pyridine rings is 1. The number of halogens is 1. The van der Waals surface area contributed by atoms with Crippen LogP contribution >= 0.6 is 27.3 Å². The molecule has 0 unspecified atom stereocenters. The third-order valence-electron chi connectivity index (χ3n) is 2.16. The Hall–Kier alpha value is -1.27. The van der Waals surface area contributed by atoms with Gasteiger partial charge in [-0.3, -0.25) is 0 Å². The first-order chi connectivity index (χ1) is 8.11. The number of hydrogen-bond acceptors (Lipinski definition) is 5. The number of aromatic nitrogens is 2. The molecule has 0 amide bonds. The number of rotatable bonds is 2. The van der Waals surface area contributed by atoms with E-state index < -0.39 is 5.97 Å². The number of thiazole rings is 1. The zero-order chi connectivity index (χ0) is 12.4. The maximum absolute atomic E-state index is 11.3. The number of carbonyl (C=O) groups is 1. The molecule has 88 valence electrons. The maximum Gasteiger partial charge on any atom is 0.357 e. The molecule has 0 saturated heterocycles. The Morgan fingerprint density at radius 3 is 2.88 bits per heavy atom. The summed E-state index contributed by atoms with van der Waals surface area (Å²) in [6, 6.07) is 3.82. The molecule has 2 rings (SSSR count). The smallest absolute Gasteiger partial charge is 0.357 e. The molecule has 2 aromatic rings. The number of aryl methyl sites for hydroxylation is 1. The summed E-state index contributed by atoms with van der Waals surface area (Å²) in [7, 11) is 1.34. The Labute approximate surface area is 111 Å². The first-order valence-electron chi connectivity index (χ1n) is 4.79. The van der Waals surface area contributed by atoms with Crippen LogP contribution in [0.4, 0.5) is 0 Å². The zero-order valence-corrected chi connectivity index (χ0v) is 11.6. The van der Waals surface area contributed by atoms with E-state index >= 15 is 0 Å². The summed E-state index contributed by atoms with van der Waals surface area (Å²) in [5.74, 6) is -0.430. The normalized spacial score (nSPS) is 10.3. The first kappa shape index (κ1) is 12.2. The Balaban J connectivity index is 2.43. The average molecular weight is 313 g/mol. The molecule has 0 atom stereocenters. The van der Waals surface area contributed by atoms with E-state index in [9.17, 15) is 4.79 Å². The second-order valence-electron chi connectivity index (χ2n) is 3.33. The Morgan fingerprint density at radius 1 is 1.41 bits per heavy atom. The lowest BCUT2D eigenvalue weighted by Crippen LogP contribution is -2.01. The van der Waals surface area contributed by atoms with Crippen molar-refractivity contribution >= 4 is 33.2 Å². The summed E-state index contributed by atoms with van der Waals surface area (Å²) < 4.78 is 5.36. The number of nitrogens with zero attached hydrogens (tertiary/aromatic N) is 2. The van der Waals surface area contributed by atoms with Crippen molar-refractivity contribution < 1.29 is 9.53 Å². The molecule has 0 saturated carbocycles. The van der Waals surface area contributed by atoms with Gasteiger partial charge in [-0.15, -0.1) is 11.3 Å². The molecule has 0 spiro atoms. The highest BCUT2D eigenvalue weighted by atomic mass is 79.9. The van der Waals surface area contributed by atoms with Gasteiger partial charge >= 0.3 is 5.97 Å². The molecule has 17 heavy (non-hydrogen) atoms. The lowest BCUT2D eigenvalue weighted by atomic mass is 10.2. The van der Waals surface area contributed by atoms with Gasteiger partial charge in [-0.1, -0.05) is 6.07 Å². The fourth-order valence-electron chi connectivity index (χ4n) is 1.30. The van der Waals surface area contributed by atoms with Crippen molar-refractivity contribution in [1.29, 1.82) is 0 Å². The average Bonchev–Trinajstić information content (AvgIpc) is 2.80. The third-order valence-corrected chi connectivity index (χ3v) is 3.45. The largest absolute Gasteiger partial charge is 0.464 e. The second-order valence-corrected chi connectivity index (χ2v) is 5.00. The van der Waals surface area contributed by atoms with Gasteiger partial charge in [0.05, 0.1) is 7.11 Å². The highest BCUT2D eigenvalue weighted by Crippen LogP contribution is 2.26. The molecule has 4 nitrogen and oxygen atoms in total. The number of carbonyl (C=O) groups excluding carboxylic acids is 1. The van der Waals surface area contributed by atoms with Gasteiger partial charge in [0.25, 0.3) is 0 Å². The lowest BCUT2D eigenvalue weighted by molar-refractivity contribution is 0.0595. The Kier molecular flexibility index (Phi) is 3.54. The fraction of sp³-hybridized carbons (Fsp3) is 0.182. The van der Waals surface area contributed by atoms with E-state index in [0.29, 0.717) is 10.7 Å². The van der Waals surface area contributed by atoms with Crippen LogP contribution in [0.15, 0.2) is 22.1 Å². The molecule has 2 aromatic heterocycles. The Morgan fingerprint density at radius 2 is 2.18 bits per heavy atom. The minimum Gasteiger partial charge on any atom is -0.464 e. The van der Waals surface area contributed by atoms with Crippen molar-refractivity contribution in [2.24, 2.45) is 0 Å². The first-order valence-corrected chi connectivity index (χ1v) is 6.46. The van der Waals surface area contributed by atoms with Crippen LogP contribution < -0.4 is 0 Å². The van der Waals surface area contributed by atoms with Gasteiger partial charge in [-0.25, -0.2) is 14.8 Å². The molecule has 0 aliphatic carbocycles. The van der Waals surface area contributed by atoms with Crippen LogP contribution in [0.5, 0.6) is 0 Å². The van der Waals surface area contributed by atoms with Gasteiger partial charge in [0, 0.05) is 5.38 Å². The number of methoxy groups -OCH3 is 1. The molecule has 0 N–H and O–H groups in total. The van der Waals surface area contributed by atoms with E-state index in [0.717, 1.165) is 15.9 Å². The molecule has 0 fully saturated rings. The number of esters is 1. The van der Waals surface area contributed by atoms with E-state index in [4.69, 9.17) is 0 Å². The summed E-state index contributed by atoms with van der Waals surface area (Å²) in [5.41, 5.74) is 2.10. The van der Waals surface area contributed by atoms with Gasteiger partial charge in [0.2, 0.25) is 0 Å². The van der Waals surface area contributed by atoms with Crippen LogP contribution in [0.2, 0.25) is 0 Å². The van der Waals surface area contributed by atoms with Gasteiger partial charge < -0.3 is 4.74 Å². The highest BCUT2D eigenvalue weighted by molar-refractivity contribution is 9.10. The summed E-state index contributed by atoms with van der Waals surface area (Å²) in [6.07, 6.45) is 0. The van der Waals surface area contributed by atoms with Gasteiger partial charge in [-0.05, 0) is 34.5 Å². The number of ether oxygens (including phenoxy) is 1. The quantitative estimate of drug-likeness (QED) is 0.631. The topological polar surface area (TPSA) is 52.1 Å². The molecular formula is C11H9BrN2O2S. The van der Waals surface area contributed by atoms with E-state index in [2.05, 4.69) is 30.6 Å². The second kappa shape index (κ2) is 4.93. The van der Waals surface area contributed by atoms with Crippen LogP contribution in [-0.4, -0.2) is 23.0 Å². The number of hydrogen-bond donors (Lipinski definition) is 0. The van der Waals surface area contributed by atoms with E-state index in [-0.39, 0.29) is 0 Å². The summed E-state index contributed by atoms with van der Waals surface area (Å²) in [5, 5.41) is 2.38. The predicted molar refractivity (Wildman–Crippen MR) is 69.1 cm³/mol. The maximum atomic E-state index is 11.3. The van der Waals surface area contributed by atoms with Crippen LogP contribution in [0.3, 0.4) is 0 Å². The van der Waals surface area contributed by atoms with E-state index in [1.807, 2.05) is 19.1 Å². The Bertz CT molecular complexity index is 568. The molecule has 2 heterocycles. The third kappa shape index (κ3) is 2.53. The van der Waals surface area contributed by atoms with Crippen LogP contribution in [0.25, 0.3) is 10.7 Å². The fourth-order valence-corrected chi connectivity index (χ4v) is 2.45. The molecule has 0 aliphatic heterocycles. The predicted octanol–water partition coefficient (Wildman–Crippen LogP) is 3.06. The monoisotopic (exact) mass is 312 g/mol. The summed E-state index contributed by atoms with van der Waals surface area (Å²) >= 11 is 4.69. The van der Waals surface area contributed by atoms with E-state index in [1.165, 1.54) is 18.4 Å². The molecule has 0 bridgehead atoms. The molecular weight excluding hydrogens is 304 g/mol. The molecule has 0 aliphatic rings. The minimum atomic E-state index is -0.430. The van der Waals surface area contributed by atoms with Gasteiger partial charge in [0.15, 0.2) is 5.69 Å². The van der Waals surface area contributed by atoms with Gasteiger partial charge in [-0.2, -0.15) is 0 Å². The van der Waals surface area contributed by atoms with E-state index in [1.54, 1.807) is 5.38 Å². The van der Waals surface area contributed by atoms with Crippen LogP contribution in [0.1, 0.15) is 16.1 Å². The van der Waals surface area contributed by atoms with Crippen molar-refractivity contribution in [2.45, 2.75) is 6.92 Å². The molecule has 0 radical (unpaired) electrons. The van der Waals surface area contributed by atoms with Crippen LogP contribution in [0, 0.1) is 6.92 Å². The SMILES string of the molecule is COC(=O)c1csc(-c2nc(Br)ccc2C)n1. The minimum absolute atomic E-state index is 0.314. The van der Waals surface area contributed by atoms with Crippen LogP contribution in [-0.2, 0) is 4.74 Å². The van der Waals surface area contributed by atoms with Crippen molar-refractivity contribution in [1.82, 2.24) is 9.97 Å². The van der Waals surface area contributed by atoms with Crippen molar-refractivity contribution in [3.05, 3.63) is 33.4 Å². The summed E-state index contributed by atoms with van der Waals surface area (Å²) in [4.78, 5) is 19.9. The van der Waals surface area contributed by atoms with Gasteiger partial charge in [0.1, 0.15) is 15.3 Å². The highest BCUT2D eigenvalue weighted by Gasteiger charge is 2.14. The van der Waals surface area contributed by atoms with Crippen molar-refractivity contribution in [3.63, 3.8) is 0 Å². The van der Waals surface area contributed by atoms with Crippen molar-refractivity contribution in [3.8, 4) is 10.7 Å². The standard InChI is InChI=1S/C11H9BrN2O2S/c1-6-3-4-8(12)14-9(6)10-13-7(5-17-10)11(15)16-2/h3-5H,1-2H3. The lowest BCUT2D eigenvalue weighted by Gasteiger charge is -2.01.